The van der Waals surface area contributed by atoms with Crippen molar-refractivity contribution in [3.8, 4) is 0 Å². The zero-order valence-electron chi connectivity index (χ0n) is 15.1. The first-order valence-corrected chi connectivity index (χ1v) is 8.91. The molecule has 0 aliphatic heterocycles. The summed E-state index contributed by atoms with van der Waals surface area (Å²) in [5.74, 6) is 1.91. The molecule has 1 saturated carbocycles. The minimum atomic E-state index is 0. The van der Waals surface area contributed by atoms with Gasteiger partial charge in [0.1, 0.15) is 12.2 Å². The van der Waals surface area contributed by atoms with Crippen molar-refractivity contribution in [1.82, 2.24) is 30.7 Å². The van der Waals surface area contributed by atoms with Crippen molar-refractivity contribution in [2.45, 2.75) is 58.5 Å². The normalized spacial score (nSPS) is 13.9. The number of aliphatic imine (C=N–C) groups is 1. The predicted octanol–water partition coefficient (Wildman–Crippen LogP) is 1.07. The van der Waals surface area contributed by atoms with E-state index >= 15 is 0 Å². The van der Waals surface area contributed by atoms with Gasteiger partial charge in [-0.2, -0.15) is 0 Å². The first-order chi connectivity index (χ1) is 11.7. The molecule has 0 atom stereocenters. The summed E-state index contributed by atoms with van der Waals surface area (Å²) in [5, 5.41) is 17.5. The Morgan fingerprint density at radius 2 is 2.16 bits per heavy atom. The second-order valence-electron chi connectivity index (χ2n) is 5.93. The number of nitrogens with one attached hydrogen (secondary N) is 3. The zero-order chi connectivity index (χ0) is 17.2. The number of aromatic nitrogens is 3. The lowest BCUT2D eigenvalue weighted by Gasteiger charge is -2.12. The second-order valence-corrected chi connectivity index (χ2v) is 5.93. The molecule has 0 aromatic carbocycles. The van der Waals surface area contributed by atoms with Crippen LogP contribution in [0.25, 0.3) is 0 Å². The number of rotatable bonds is 10. The zero-order valence-corrected chi connectivity index (χ0v) is 17.5. The molecular weight excluding hydrogens is 433 g/mol. The van der Waals surface area contributed by atoms with Gasteiger partial charge in [0.2, 0.25) is 5.91 Å². The van der Waals surface area contributed by atoms with Crippen LogP contribution in [-0.2, 0) is 17.8 Å². The molecule has 0 unspecified atom stereocenters. The molecule has 25 heavy (non-hydrogen) atoms. The smallest absolute Gasteiger partial charge is 0.220 e. The van der Waals surface area contributed by atoms with Gasteiger partial charge < -0.3 is 20.5 Å². The van der Waals surface area contributed by atoms with E-state index in [4.69, 9.17) is 0 Å². The van der Waals surface area contributed by atoms with Crippen LogP contribution < -0.4 is 16.0 Å². The van der Waals surface area contributed by atoms with Gasteiger partial charge in [-0.05, 0) is 26.2 Å². The van der Waals surface area contributed by atoms with E-state index in [1.165, 1.54) is 0 Å². The van der Waals surface area contributed by atoms with Crippen LogP contribution >= 0.6 is 24.0 Å². The van der Waals surface area contributed by atoms with Crippen LogP contribution in [-0.4, -0.2) is 52.3 Å². The highest BCUT2D eigenvalue weighted by molar-refractivity contribution is 14.0. The van der Waals surface area contributed by atoms with Gasteiger partial charge >= 0.3 is 0 Å². The highest BCUT2D eigenvalue weighted by Crippen LogP contribution is 2.18. The molecule has 1 aliphatic carbocycles. The number of aryl methyl sites for hydroxylation is 1. The molecule has 1 fully saturated rings. The third kappa shape index (κ3) is 8.50. The summed E-state index contributed by atoms with van der Waals surface area (Å²) in [6.45, 7) is 7.10. The average molecular weight is 463 g/mol. The van der Waals surface area contributed by atoms with Gasteiger partial charge in [0.25, 0.3) is 0 Å². The quantitative estimate of drug-likeness (QED) is 0.209. The van der Waals surface area contributed by atoms with Gasteiger partial charge in [-0.3, -0.25) is 9.79 Å². The van der Waals surface area contributed by atoms with Crippen LogP contribution in [0.4, 0.5) is 0 Å². The molecule has 0 bridgehead atoms. The molecule has 1 amide bonds. The van der Waals surface area contributed by atoms with Crippen molar-refractivity contribution in [2.24, 2.45) is 4.99 Å². The van der Waals surface area contributed by atoms with E-state index in [-0.39, 0.29) is 29.9 Å². The number of hydrogen-bond acceptors (Lipinski definition) is 4. The number of carbonyl (C=O) groups is 1. The van der Waals surface area contributed by atoms with Crippen molar-refractivity contribution in [3.05, 3.63) is 12.2 Å². The summed E-state index contributed by atoms with van der Waals surface area (Å²) in [4.78, 5) is 16.1. The first kappa shape index (κ1) is 21.7. The number of amides is 1. The monoisotopic (exact) mass is 463 g/mol. The highest BCUT2D eigenvalue weighted by atomic mass is 127. The summed E-state index contributed by atoms with van der Waals surface area (Å²) >= 11 is 0. The lowest BCUT2D eigenvalue weighted by molar-refractivity contribution is -0.121. The Morgan fingerprint density at radius 3 is 2.84 bits per heavy atom. The number of carbonyl (C=O) groups excluding carboxylic acids is 1. The van der Waals surface area contributed by atoms with Crippen molar-refractivity contribution >= 4 is 35.8 Å². The summed E-state index contributed by atoms with van der Waals surface area (Å²) in [6.07, 6.45) is 6.19. The van der Waals surface area contributed by atoms with Gasteiger partial charge in [-0.25, -0.2) is 0 Å². The van der Waals surface area contributed by atoms with Crippen LogP contribution in [0.2, 0.25) is 0 Å². The van der Waals surface area contributed by atoms with Crippen molar-refractivity contribution in [2.75, 3.05) is 19.6 Å². The Kier molecular flexibility index (Phi) is 10.4. The Bertz CT molecular complexity index is 542. The highest BCUT2D eigenvalue weighted by Gasteiger charge is 2.22. The van der Waals surface area contributed by atoms with E-state index in [0.29, 0.717) is 19.0 Å². The maximum atomic E-state index is 11.6. The number of nitrogens with zero attached hydrogens (tertiary/aromatic N) is 4. The van der Waals surface area contributed by atoms with Gasteiger partial charge in [0.05, 0.1) is 0 Å². The fraction of sp³-hybridized carbons (Fsp3) is 0.750. The molecule has 1 aromatic rings. The van der Waals surface area contributed by atoms with Crippen molar-refractivity contribution < 1.29 is 4.79 Å². The lowest BCUT2D eigenvalue weighted by atomic mass is 10.3. The molecule has 3 N–H and O–H groups in total. The molecule has 0 saturated heterocycles. The van der Waals surface area contributed by atoms with E-state index in [1.807, 2.05) is 11.5 Å². The predicted molar refractivity (Wildman–Crippen MR) is 109 cm³/mol. The molecular formula is C16H30IN7O. The SMILES string of the molecule is CCNC(=NCCCC(=O)NC1CC1)NCCn1cnnc1CC.I. The average Bonchev–Trinajstić information content (AvgIpc) is 3.26. The van der Waals surface area contributed by atoms with Crippen LogP contribution in [0, 0.1) is 0 Å². The van der Waals surface area contributed by atoms with E-state index in [1.54, 1.807) is 6.33 Å². The second kappa shape index (κ2) is 12.0. The maximum Gasteiger partial charge on any atom is 0.220 e. The number of hydrogen-bond donors (Lipinski definition) is 3. The molecule has 1 heterocycles. The third-order valence-corrected chi connectivity index (χ3v) is 3.78. The molecule has 9 heteroatoms. The Balaban J connectivity index is 0.00000312. The fourth-order valence-corrected chi connectivity index (χ4v) is 2.33. The van der Waals surface area contributed by atoms with Crippen LogP contribution in [0.15, 0.2) is 11.3 Å². The number of guanidine groups is 1. The van der Waals surface area contributed by atoms with Crippen molar-refractivity contribution in [3.63, 3.8) is 0 Å². The minimum absolute atomic E-state index is 0. The van der Waals surface area contributed by atoms with Gasteiger partial charge in [0.15, 0.2) is 5.96 Å². The Hall–Kier alpha value is -1.39. The lowest BCUT2D eigenvalue weighted by Crippen LogP contribution is -2.39. The Labute approximate surface area is 166 Å². The Morgan fingerprint density at radius 1 is 1.36 bits per heavy atom. The first-order valence-electron chi connectivity index (χ1n) is 8.91. The largest absolute Gasteiger partial charge is 0.357 e. The molecule has 142 valence electrons. The molecule has 0 radical (unpaired) electrons. The topological polar surface area (TPSA) is 96.2 Å². The third-order valence-electron chi connectivity index (χ3n) is 3.78. The van der Waals surface area contributed by atoms with E-state index in [0.717, 1.165) is 57.1 Å². The molecule has 0 spiro atoms. The summed E-state index contributed by atoms with van der Waals surface area (Å²) in [6, 6.07) is 0.436. The maximum absolute atomic E-state index is 11.6. The molecule has 2 rings (SSSR count). The number of halogens is 1. The minimum Gasteiger partial charge on any atom is -0.357 e. The fourth-order valence-electron chi connectivity index (χ4n) is 2.33. The standard InChI is InChI=1S/C16H29N7O.HI/c1-3-14-22-20-12-23(14)11-10-19-16(17-4-2)18-9-5-6-15(24)21-13-7-8-13;/h12-13H,3-11H2,1-2H3,(H,21,24)(H2,17,18,19);1H. The summed E-state index contributed by atoms with van der Waals surface area (Å²) in [7, 11) is 0. The summed E-state index contributed by atoms with van der Waals surface area (Å²) in [5.41, 5.74) is 0. The molecule has 8 nitrogen and oxygen atoms in total. The van der Waals surface area contributed by atoms with Gasteiger partial charge in [0, 0.05) is 45.1 Å². The van der Waals surface area contributed by atoms with Gasteiger partial charge in [-0.15, -0.1) is 34.2 Å². The van der Waals surface area contributed by atoms with Crippen LogP contribution in [0.5, 0.6) is 0 Å². The summed E-state index contributed by atoms with van der Waals surface area (Å²) < 4.78 is 2.04. The van der Waals surface area contributed by atoms with Crippen molar-refractivity contribution in [1.29, 1.82) is 0 Å². The van der Waals surface area contributed by atoms with Gasteiger partial charge in [-0.1, -0.05) is 6.92 Å². The van der Waals surface area contributed by atoms with E-state index in [9.17, 15) is 4.79 Å². The molecule has 1 aromatic heterocycles. The van der Waals surface area contributed by atoms with E-state index in [2.05, 4.69) is 38.1 Å². The van der Waals surface area contributed by atoms with Crippen LogP contribution in [0.1, 0.15) is 45.4 Å². The van der Waals surface area contributed by atoms with Crippen LogP contribution in [0.3, 0.4) is 0 Å². The molecule has 1 aliphatic rings. The van der Waals surface area contributed by atoms with E-state index < -0.39 is 0 Å².